The maximum Gasteiger partial charge on any atom is 0.262 e. The lowest BCUT2D eigenvalue weighted by Gasteiger charge is -2.06. The van der Waals surface area contributed by atoms with E-state index in [2.05, 4.69) is 15.5 Å². The van der Waals surface area contributed by atoms with E-state index in [4.69, 9.17) is 4.52 Å². The van der Waals surface area contributed by atoms with Gasteiger partial charge in [-0.05, 0) is 30.9 Å². The molecule has 0 saturated heterocycles. The maximum atomic E-state index is 12.7. The van der Waals surface area contributed by atoms with Crippen molar-refractivity contribution in [2.24, 2.45) is 0 Å². The molecule has 0 unspecified atom stereocenters. The van der Waals surface area contributed by atoms with Crippen molar-refractivity contribution in [1.82, 2.24) is 10.1 Å². The second-order valence-electron chi connectivity index (χ2n) is 5.26. The minimum Gasteiger partial charge on any atom is -0.360 e. The minimum atomic E-state index is -0.276. The smallest absolute Gasteiger partial charge is 0.262 e. The number of amides is 1. The SMILES string of the molecule is CSCc1ccnc(NC(=O)c2c(-c3ccccc3)noc2C)c1. The van der Waals surface area contributed by atoms with Crippen LogP contribution in [0.15, 0.2) is 53.2 Å². The number of benzene rings is 1. The summed E-state index contributed by atoms with van der Waals surface area (Å²) in [5.41, 5.74) is 2.91. The van der Waals surface area contributed by atoms with E-state index in [9.17, 15) is 4.79 Å². The molecule has 0 saturated carbocycles. The molecule has 3 rings (SSSR count). The third-order valence-electron chi connectivity index (χ3n) is 3.51. The number of aryl methyl sites for hydroxylation is 1. The Morgan fingerprint density at radius 1 is 1.25 bits per heavy atom. The molecular weight excluding hydrogens is 322 g/mol. The number of pyridine rings is 1. The van der Waals surface area contributed by atoms with Gasteiger partial charge in [-0.3, -0.25) is 4.79 Å². The summed E-state index contributed by atoms with van der Waals surface area (Å²) in [6.07, 6.45) is 3.73. The number of hydrogen-bond acceptors (Lipinski definition) is 5. The van der Waals surface area contributed by atoms with Crippen LogP contribution in [-0.4, -0.2) is 22.3 Å². The van der Waals surface area contributed by atoms with E-state index in [0.29, 0.717) is 22.8 Å². The maximum absolute atomic E-state index is 12.7. The summed E-state index contributed by atoms with van der Waals surface area (Å²) < 4.78 is 5.24. The molecule has 122 valence electrons. The van der Waals surface area contributed by atoms with Gasteiger partial charge >= 0.3 is 0 Å². The molecule has 0 bridgehead atoms. The highest BCUT2D eigenvalue weighted by molar-refractivity contribution is 7.97. The van der Waals surface area contributed by atoms with E-state index in [1.54, 1.807) is 24.9 Å². The summed E-state index contributed by atoms with van der Waals surface area (Å²) >= 11 is 1.72. The van der Waals surface area contributed by atoms with Crippen molar-refractivity contribution in [2.75, 3.05) is 11.6 Å². The van der Waals surface area contributed by atoms with Crippen LogP contribution in [0.3, 0.4) is 0 Å². The number of rotatable bonds is 5. The van der Waals surface area contributed by atoms with Crippen molar-refractivity contribution in [1.29, 1.82) is 0 Å². The van der Waals surface area contributed by atoms with E-state index in [1.807, 2.05) is 48.7 Å². The Bertz CT molecular complexity index is 846. The van der Waals surface area contributed by atoms with Crippen LogP contribution < -0.4 is 5.32 Å². The fourth-order valence-electron chi connectivity index (χ4n) is 2.41. The number of anilines is 1. The zero-order valence-corrected chi connectivity index (χ0v) is 14.3. The number of aromatic nitrogens is 2. The second-order valence-corrected chi connectivity index (χ2v) is 6.13. The Morgan fingerprint density at radius 3 is 2.79 bits per heavy atom. The summed E-state index contributed by atoms with van der Waals surface area (Å²) in [5.74, 6) is 1.59. The Balaban J connectivity index is 1.88. The standard InChI is InChI=1S/C18H17N3O2S/c1-12-16(17(21-23-12)14-6-4-3-5-7-14)18(22)20-15-10-13(11-24-2)8-9-19-15/h3-10H,11H2,1-2H3,(H,19,20,22). The predicted octanol–water partition coefficient (Wildman–Crippen LogP) is 4.16. The highest BCUT2D eigenvalue weighted by Gasteiger charge is 2.21. The lowest BCUT2D eigenvalue weighted by Crippen LogP contribution is -2.14. The number of carbonyl (C=O) groups is 1. The number of hydrogen-bond donors (Lipinski definition) is 1. The molecule has 0 fully saturated rings. The Morgan fingerprint density at radius 2 is 2.04 bits per heavy atom. The van der Waals surface area contributed by atoms with Crippen molar-refractivity contribution in [3.8, 4) is 11.3 Å². The second kappa shape index (κ2) is 7.31. The van der Waals surface area contributed by atoms with Crippen molar-refractivity contribution >= 4 is 23.5 Å². The highest BCUT2D eigenvalue weighted by atomic mass is 32.2. The quantitative estimate of drug-likeness (QED) is 0.756. The molecule has 1 amide bonds. The zero-order valence-electron chi connectivity index (χ0n) is 13.4. The Labute approximate surface area is 144 Å². The predicted molar refractivity (Wildman–Crippen MR) is 96.1 cm³/mol. The van der Waals surface area contributed by atoms with Gasteiger partial charge in [0.05, 0.1) is 0 Å². The first-order valence-electron chi connectivity index (χ1n) is 7.46. The zero-order chi connectivity index (χ0) is 16.9. The van der Waals surface area contributed by atoms with E-state index in [0.717, 1.165) is 16.9 Å². The summed E-state index contributed by atoms with van der Waals surface area (Å²) in [6, 6.07) is 13.3. The van der Waals surface area contributed by atoms with Crippen LogP contribution in [0.5, 0.6) is 0 Å². The van der Waals surface area contributed by atoms with Gasteiger partial charge < -0.3 is 9.84 Å². The molecule has 3 aromatic rings. The van der Waals surface area contributed by atoms with Gasteiger partial charge in [-0.25, -0.2) is 4.98 Å². The summed E-state index contributed by atoms with van der Waals surface area (Å²) in [6.45, 7) is 1.73. The van der Waals surface area contributed by atoms with Gasteiger partial charge in [0, 0.05) is 17.5 Å². The van der Waals surface area contributed by atoms with E-state index in [-0.39, 0.29) is 5.91 Å². The molecule has 6 heteroatoms. The highest BCUT2D eigenvalue weighted by Crippen LogP contribution is 2.26. The summed E-state index contributed by atoms with van der Waals surface area (Å²) in [7, 11) is 0. The van der Waals surface area contributed by atoms with Gasteiger partial charge in [0.1, 0.15) is 22.8 Å². The van der Waals surface area contributed by atoms with Gasteiger partial charge in [0.25, 0.3) is 5.91 Å². The van der Waals surface area contributed by atoms with Crippen LogP contribution in [0.4, 0.5) is 5.82 Å². The molecule has 5 nitrogen and oxygen atoms in total. The fourth-order valence-corrected chi connectivity index (χ4v) is 2.92. The molecule has 2 aromatic heterocycles. The third-order valence-corrected chi connectivity index (χ3v) is 4.14. The average Bonchev–Trinajstić information content (AvgIpc) is 2.98. The monoisotopic (exact) mass is 339 g/mol. The van der Waals surface area contributed by atoms with Crippen LogP contribution in [-0.2, 0) is 5.75 Å². The third kappa shape index (κ3) is 3.49. The van der Waals surface area contributed by atoms with Gasteiger partial charge in [0.15, 0.2) is 0 Å². The fraction of sp³-hybridized carbons (Fsp3) is 0.167. The lowest BCUT2D eigenvalue weighted by molar-refractivity contribution is 0.102. The summed E-state index contributed by atoms with van der Waals surface area (Å²) in [5, 5.41) is 6.87. The Kier molecular flexibility index (Phi) is 4.96. The average molecular weight is 339 g/mol. The molecule has 1 N–H and O–H groups in total. The van der Waals surface area contributed by atoms with Crippen molar-refractivity contribution in [3.63, 3.8) is 0 Å². The number of carbonyl (C=O) groups excluding carboxylic acids is 1. The first kappa shape index (κ1) is 16.3. The van der Waals surface area contributed by atoms with Crippen LogP contribution in [0.25, 0.3) is 11.3 Å². The topological polar surface area (TPSA) is 68.0 Å². The number of nitrogens with one attached hydrogen (secondary N) is 1. The molecular formula is C18H17N3O2S. The number of thioether (sulfide) groups is 1. The van der Waals surface area contributed by atoms with Crippen LogP contribution in [0, 0.1) is 6.92 Å². The lowest BCUT2D eigenvalue weighted by atomic mass is 10.1. The molecule has 0 spiro atoms. The van der Waals surface area contributed by atoms with Gasteiger partial charge in [-0.2, -0.15) is 11.8 Å². The summed E-state index contributed by atoms with van der Waals surface area (Å²) in [4.78, 5) is 16.9. The van der Waals surface area contributed by atoms with Crippen molar-refractivity contribution < 1.29 is 9.32 Å². The first-order valence-corrected chi connectivity index (χ1v) is 8.85. The molecule has 0 aliphatic carbocycles. The van der Waals surface area contributed by atoms with E-state index >= 15 is 0 Å². The Hall–Kier alpha value is -2.60. The van der Waals surface area contributed by atoms with E-state index < -0.39 is 0 Å². The molecule has 0 atom stereocenters. The number of nitrogens with zero attached hydrogens (tertiary/aromatic N) is 2. The largest absolute Gasteiger partial charge is 0.360 e. The molecule has 24 heavy (non-hydrogen) atoms. The molecule has 1 aromatic carbocycles. The first-order chi connectivity index (χ1) is 11.7. The van der Waals surface area contributed by atoms with Gasteiger partial charge in [-0.15, -0.1) is 0 Å². The van der Waals surface area contributed by atoms with Gasteiger partial charge in [0.2, 0.25) is 0 Å². The molecule has 0 aliphatic rings. The van der Waals surface area contributed by atoms with Gasteiger partial charge in [-0.1, -0.05) is 35.5 Å². The van der Waals surface area contributed by atoms with Crippen molar-refractivity contribution in [2.45, 2.75) is 12.7 Å². The van der Waals surface area contributed by atoms with Crippen LogP contribution in [0.1, 0.15) is 21.7 Å². The van der Waals surface area contributed by atoms with Crippen LogP contribution >= 0.6 is 11.8 Å². The minimum absolute atomic E-state index is 0.276. The van der Waals surface area contributed by atoms with Crippen molar-refractivity contribution in [3.05, 3.63) is 65.5 Å². The molecule has 0 aliphatic heterocycles. The van der Waals surface area contributed by atoms with E-state index in [1.165, 1.54) is 0 Å². The molecule has 2 heterocycles. The van der Waals surface area contributed by atoms with Crippen LogP contribution in [0.2, 0.25) is 0 Å². The normalized spacial score (nSPS) is 10.6. The molecule has 0 radical (unpaired) electrons.